The molecule has 0 unspecified atom stereocenters. The van der Waals surface area contributed by atoms with Gasteiger partial charge < -0.3 is 4.57 Å². The maximum Gasteiger partial charge on any atom is 0.238 e. The Kier molecular flexibility index (Phi) is 2.97. The Morgan fingerprint density at radius 3 is 2.69 bits per heavy atom. The van der Waals surface area contributed by atoms with Gasteiger partial charge in [-0.2, -0.15) is 0 Å². The Labute approximate surface area is 108 Å². The summed E-state index contributed by atoms with van der Waals surface area (Å²) in [4.78, 5) is 0.159. The standard InChI is InChI=1S/C10H11IN2O2S/c1-2-13-6-9(11)8-5-7(16(12,14)15)3-4-10(8)13/h3-6H,2H2,1H3,(H2,12,14,15). The zero-order chi connectivity index (χ0) is 11.9. The van der Waals surface area contributed by atoms with E-state index in [-0.39, 0.29) is 4.90 Å². The van der Waals surface area contributed by atoms with Crippen LogP contribution in [0, 0.1) is 3.57 Å². The molecule has 0 amide bonds. The van der Waals surface area contributed by atoms with Crippen LogP contribution in [0.4, 0.5) is 0 Å². The highest BCUT2D eigenvalue weighted by Gasteiger charge is 2.11. The van der Waals surface area contributed by atoms with Gasteiger partial charge in [-0.25, -0.2) is 13.6 Å². The fraction of sp³-hybridized carbons (Fsp3) is 0.200. The van der Waals surface area contributed by atoms with Crippen molar-refractivity contribution >= 4 is 43.5 Å². The lowest BCUT2D eigenvalue weighted by Crippen LogP contribution is -2.11. The second kappa shape index (κ2) is 4.01. The molecule has 0 aliphatic heterocycles. The van der Waals surface area contributed by atoms with Crippen LogP contribution in [0.25, 0.3) is 10.9 Å². The molecule has 0 aliphatic carbocycles. The monoisotopic (exact) mass is 350 g/mol. The van der Waals surface area contributed by atoms with Gasteiger partial charge in [0.15, 0.2) is 0 Å². The molecule has 0 radical (unpaired) electrons. The normalized spacial score (nSPS) is 12.2. The molecule has 86 valence electrons. The number of rotatable bonds is 2. The summed E-state index contributed by atoms with van der Waals surface area (Å²) < 4.78 is 25.6. The first-order valence-electron chi connectivity index (χ1n) is 4.74. The van der Waals surface area contributed by atoms with Gasteiger partial charge in [-0.3, -0.25) is 0 Å². The molecule has 2 N–H and O–H groups in total. The number of aromatic nitrogens is 1. The third kappa shape index (κ3) is 1.96. The number of hydrogen-bond acceptors (Lipinski definition) is 2. The van der Waals surface area contributed by atoms with Crippen molar-refractivity contribution in [2.45, 2.75) is 18.4 Å². The number of hydrogen-bond donors (Lipinski definition) is 1. The van der Waals surface area contributed by atoms with Crippen LogP contribution in [0.5, 0.6) is 0 Å². The lowest BCUT2D eigenvalue weighted by molar-refractivity contribution is 0.598. The Bertz CT molecular complexity index is 646. The fourth-order valence-corrected chi connectivity index (χ4v) is 2.98. The van der Waals surface area contributed by atoms with Crippen molar-refractivity contribution in [1.29, 1.82) is 0 Å². The Morgan fingerprint density at radius 2 is 2.12 bits per heavy atom. The quantitative estimate of drug-likeness (QED) is 0.841. The van der Waals surface area contributed by atoms with Crippen molar-refractivity contribution in [3.05, 3.63) is 28.0 Å². The van der Waals surface area contributed by atoms with E-state index in [1.54, 1.807) is 18.2 Å². The zero-order valence-corrected chi connectivity index (χ0v) is 11.6. The minimum atomic E-state index is -3.62. The SMILES string of the molecule is CCn1cc(I)c2cc(S(N)(=O)=O)ccc21. The largest absolute Gasteiger partial charge is 0.347 e. The summed E-state index contributed by atoms with van der Waals surface area (Å²) in [5.74, 6) is 0. The van der Waals surface area contributed by atoms with Gasteiger partial charge in [-0.15, -0.1) is 0 Å². The molecule has 6 heteroatoms. The van der Waals surface area contributed by atoms with Gasteiger partial charge in [0.1, 0.15) is 0 Å². The van der Waals surface area contributed by atoms with E-state index < -0.39 is 10.0 Å². The molecule has 2 rings (SSSR count). The lowest BCUT2D eigenvalue weighted by atomic mass is 10.2. The molecule has 1 aromatic heterocycles. The van der Waals surface area contributed by atoms with Gasteiger partial charge in [0.2, 0.25) is 10.0 Å². The van der Waals surface area contributed by atoms with Gasteiger partial charge in [0.25, 0.3) is 0 Å². The van der Waals surface area contributed by atoms with Crippen LogP contribution in [0.3, 0.4) is 0 Å². The molecule has 1 aromatic carbocycles. The van der Waals surface area contributed by atoms with Gasteiger partial charge in [0, 0.05) is 27.2 Å². The summed E-state index contributed by atoms with van der Waals surface area (Å²) in [6, 6.07) is 4.96. The molecule has 16 heavy (non-hydrogen) atoms. The molecule has 0 atom stereocenters. The van der Waals surface area contributed by atoms with E-state index in [0.717, 1.165) is 21.0 Å². The van der Waals surface area contributed by atoms with Crippen molar-refractivity contribution in [3.63, 3.8) is 0 Å². The molecular formula is C10H11IN2O2S. The third-order valence-electron chi connectivity index (χ3n) is 2.47. The summed E-state index contributed by atoms with van der Waals surface area (Å²) in [6.07, 6.45) is 2.00. The van der Waals surface area contributed by atoms with Crippen LogP contribution in [-0.2, 0) is 16.6 Å². The van der Waals surface area contributed by atoms with Crippen molar-refractivity contribution < 1.29 is 8.42 Å². The molecule has 1 heterocycles. The number of fused-ring (bicyclic) bond motifs is 1. The average Bonchev–Trinajstić information content (AvgIpc) is 2.54. The summed E-state index contributed by atoms with van der Waals surface area (Å²) in [5.41, 5.74) is 1.03. The lowest BCUT2D eigenvalue weighted by Gasteiger charge is -2.01. The van der Waals surface area contributed by atoms with Crippen LogP contribution in [0.2, 0.25) is 0 Å². The molecule has 4 nitrogen and oxygen atoms in total. The second-order valence-electron chi connectivity index (χ2n) is 3.49. The Hall–Kier alpha value is -0.600. The highest BCUT2D eigenvalue weighted by molar-refractivity contribution is 14.1. The number of aryl methyl sites for hydroxylation is 1. The summed E-state index contributed by atoms with van der Waals surface area (Å²) >= 11 is 2.19. The fourth-order valence-electron chi connectivity index (χ4n) is 1.67. The van der Waals surface area contributed by atoms with E-state index in [1.165, 1.54) is 0 Å². The average molecular weight is 350 g/mol. The maximum absolute atomic E-state index is 11.2. The molecule has 0 saturated carbocycles. The van der Waals surface area contributed by atoms with Crippen LogP contribution >= 0.6 is 22.6 Å². The first kappa shape index (κ1) is 11.9. The first-order valence-corrected chi connectivity index (χ1v) is 7.37. The maximum atomic E-state index is 11.2. The molecule has 0 saturated heterocycles. The topological polar surface area (TPSA) is 65.1 Å². The van der Waals surface area contributed by atoms with Crippen molar-refractivity contribution in [2.75, 3.05) is 0 Å². The van der Waals surface area contributed by atoms with Crippen molar-refractivity contribution in [2.24, 2.45) is 5.14 Å². The van der Waals surface area contributed by atoms with E-state index in [2.05, 4.69) is 27.2 Å². The smallest absolute Gasteiger partial charge is 0.238 e. The van der Waals surface area contributed by atoms with E-state index in [4.69, 9.17) is 5.14 Å². The number of nitrogens with two attached hydrogens (primary N) is 1. The zero-order valence-electron chi connectivity index (χ0n) is 8.64. The number of primary sulfonamides is 1. The van der Waals surface area contributed by atoms with Crippen LogP contribution in [-0.4, -0.2) is 13.0 Å². The predicted molar refractivity (Wildman–Crippen MR) is 71.7 cm³/mol. The van der Waals surface area contributed by atoms with Gasteiger partial charge >= 0.3 is 0 Å². The van der Waals surface area contributed by atoms with Crippen molar-refractivity contribution in [1.82, 2.24) is 4.57 Å². The molecule has 0 aliphatic rings. The number of nitrogens with zero attached hydrogens (tertiary/aromatic N) is 1. The van der Waals surface area contributed by atoms with E-state index in [0.29, 0.717) is 0 Å². The molecule has 2 aromatic rings. The second-order valence-corrected chi connectivity index (χ2v) is 6.21. The first-order chi connectivity index (χ1) is 7.43. The molecule has 0 bridgehead atoms. The Balaban J connectivity index is 2.77. The summed E-state index contributed by atoms with van der Waals surface area (Å²) in [7, 11) is -3.62. The van der Waals surface area contributed by atoms with Gasteiger partial charge in [0.05, 0.1) is 4.90 Å². The van der Waals surface area contributed by atoms with Crippen LogP contribution in [0.1, 0.15) is 6.92 Å². The highest BCUT2D eigenvalue weighted by Crippen LogP contribution is 2.25. The van der Waals surface area contributed by atoms with Crippen LogP contribution < -0.4 is 5.14 Å². The number of sulfonamides is 1. The van der Waals surface area contributed by atoms with E-state index in [9.17, 15) is 8.42 Å². The van der Waals surface area contributed by atoms with E-state index in [1.807, 2.05) is 13.1 Å². The Morgan fingerprint density at radius 1 is 1.44 bits per heavy atom. The molecule has 0 fully saturated rings. The van der Waals surface area contributed by atoms with Crippen LogP contribution in [0.15, 0.2) is 29.3 Å². The highest BCUT2D eigenvalue weighted by atomic mass is 127. The minimum absolute atomic E-state index is 0.159. The summed E-state index contributed by atoms with van der Waals surface area (Å²) in [5, 5.41) is 6.03. The van der Waals surface area contributed by atoms with Gasteiger partial charge in [-0.1, -0.05) is 0 Å². The number of benzene rings is 1. The summed E-state index contributed by atoms with van der Waals surface area (Å²) in [6.45, 7) is 2.90. The molecule has 0 spiro atoms. The molecular weight excluding hydrogens is 339 g/mol. The third-order valence-corrected chi connectivity index (χ3v) is 4.24. The van der Waals surface area contributed by atoms with Crippen molar-refractivity contribution in [3.8, 4) is 0 Å². The minimum Gasteiger partial charge on any atom is -0.347 e. The number of halogens is 1. The van der Waals surface area contributed by atoms with Gasteiger partial charge in [-0.05, 0) is 47.7 Å². The van der Waals surface area contributed by atoms with E-state index >= 15 is 0 Å². The predicted octanol–water partition coefficient (Wildman–Crippen LogP) is 1.91.